The lowest BCUT2D eigenvalue weighted by molar-refractivity contribution is 0.202. The van der Waals surface area contributed by atoms with Crippen molar-refractivity contribution in [2.45, 2.75) is 52.0 Å². The molecular weight excluding hydrogens is 258 g/mol. The topological polar surface area (TPSA) is 28.2 Å². The molecule has 3 nitrogen and oxygen atoms in total. The van der Waals surface area contributed by atoms with Gasteiger partial charge in [-0.25, -0.2) is 4.98 Å². The quantitative estimate of drug-likeness (QED) is 0.839. The van der Waals surface area contributed by atoms with E-state index < -0.39 is 0 Å². The van der Waals surface area contributed by atoms with E-state index in [-0.39, 0.29) is 0 Å². The molecule has 1 aliphatic carbocycles. The van der Waals surface area contributed by atoms with Gasteiger partial charge in [0, 0.05) is 25.8 Å². The maximum absolute atomic E-state index is 4.70. The lowest BCUT2D eigenvalue weighted by Crippen LogP contribution is -2.42. The minimum atomic E-state index is 0.917. The van der Waals surface area contributed by atoms with Crippen LogP contribution in [0.4, 0.5) is 5.82 Å². The zero-order valence-electron chi connectivity index (χ0n) is 13.4. The molecule has 0 amide bonds. The van der Waals surface area contributed by atoms with Crippen molar-refractivity contribution in [1.82, 2.24) is 10.3 Å². The number of rotatable bonds is 5. The van der Waals surface area contributed by atoms with E-state index in [2.05, 4.69) is 29.3 Å². The van der Waals surface area contributed by atoms with Gasteiger partial charge in [-0.15, -0.1) is 0 Å². The van der Waals surface area contributed by atoms with E-state index in [0.717, 1.165) is 24.9 Å². The highest BCUT2D eigenvalue weighted by atomic mass is 15.2. The average Bonchev–Trinajstić information content (AvgIpc) is 2.55. The van der Waals surface area contributed by atoms with Gasteiger partial charge >= 0.3 is 0 Å². The molecule has 3 rings (SSSR count). The summed E-state index contributed by atoms with van der Waals surface area (Å²) in [6.45, 7) is 6.64. The zero-order valence-corrected chi connectivity index (χ0v) is 13.4. The molecule has 2 heterocycles. The standard InChI is InChI=1S/C18H29N3/c1-2-10-19-12-15-7-8-18(20-13-15)21-11-9-16-5-3-4-6-17(16)14-21/h7-8,13,16-17,19H,2-6,9-12,14H2,1H3. The first-order chi connectivity index (χ1) is 10.4. The molecule has 1 aromatic heterocycles. The fourth-order valence-electron chi connectivity index (χ4n) is 3.93. The van der Waals surface area contributed by atoms with Crippen molar-refractivity contribution in [1.29, 1.82) is 0 Å². The van der Waals surface area contributed by atoms with Crippen LogP contribution in [-0.4, -0.2) is 24.6 Å². The number of fused-ring (bicyclic) bond motifs is 1. The Morgan fingerprint density at radius 3 is 2.81 bits per heavy atom. The number of aromatic nitrogens is 1. The molecule has 0 aromatic carbocycles. The summed E-state index contributed by atoms with van der Waals surface area (Å²) < 4.78 is 0. The third kappa shape index (κ3) is 3.76. The van der Waals surface area contributed by atoms with Gasteiger partial charge in [-0.2, -0.15) is 0 Å². The first-order valence-corrected chi connectivity index (χ1v) is 8.77. The number of anilines is 1. The maximum Gasteiger partial charge on any atom is 0.128 e. The monoisotopic (exact) mass is 287 g/mol. The Morgan fingerprint density at radius 2 is 2.05 bits per heavy atom. The highest BCUT2D eigenvalue weighted by molar-refractivity contribution is 5.40. The van der Waals surface area contributed by atoms with Crippen LogP contribution < -0.4 is 10.2 Å². The van der Waals surface area contributed by atoms with Gasteiger partial charge in [0.25, 0.3) is 0 Å². The molecule has 1 aromatic rings. The van der Waals surface area contributed by atoms with Crippen molar-refractivity contribution in [3.05, 3.63) is 23.9 Å². The number of hydrogen-bond acceptors (Lipinski definition) is 3. The molecular formula is C18H29N3. The second-order valence-corrected chi connectivity index (χ2v) is 6.74. The van der Waals surface area contributed by atoms with Crippen molar-refractivity contribution in [3.8, 4) is 0 Å². The van der Waals surface area contributed by atoms with E-state index in [4.69, 9.17) is 4.98 Å². The summed E-state index contributed by atoms with van der Waals surface area (Å²) in [6.07, 6.45) is 10.4. The predicted molar refractivity (Wildman–Crippen MR) is 88.5 cm³/mol. The summed E-state index contributed by atoms with van der Waals surface area (Å²) in [4.78, 5) is 7.21. The van der Waals surface area contributed by atoms with Crippen LogP contribution in [0.3, 0.4) is 0 Å². The van der Waals surface area contributed by atoms with Gasteiger partial charge in [0.05, 0.1) is 0 Å². The van der Waals surface area contributed by atoms with Crippen LogP contribution in [-0.2, 0) is 6.54 Å². The van der Waals surface area contributed by atoms with E-state index in [0.29, 0.717) is 0 Å². The Morgan fingerprint density at radius 1 is 1.19 bits per heavy atom. The molecule has 1 N–H and O–H groups in total. The summed E-state index contributed by atoms with van der Waals surface area (Å²) in [5.41, 5.74) is 1.29. The van der Waals surface area contributed by atoms with Crippen LogP contribution in [0.5, 0.6) is 0 Å². The van der Waals surface area contributed by atoms with Crippen LogP contribution >= 0.6 is 0 Å². The molecule has 0 radical (unpaired) electrons. The third-order valence-electron chi connectivity index (χ3n) is 5.18. The average molecular weight is 287 g/mol. The maximum atomic E-state index is 4.70. The molecule has 116 valence electrons. The Hall–Kier alpha value is -1.09. The fourth-order valence-corrected chi connectivity index (χ4v) is 3.93. The highest BCUT2D eigenvalue weighted by Gasteiger charge is 2.31. The summed E-state index contributed by atoms with van der Waals surface area (Å²) in [5, 5.41) is 3.43. The van der Waals surface area contributed by atoms with Crippen molar-refractivity contribution in [2.24, 2.45) is 11.8 Å². The SMILES string of the molecule is CCCNCc1ccc(N2CCC3CCCCC3C2)nc1. The smallest absolute Gasteiger partial charge is 0.128 e. The molecule has 1 saturated heterocycles. The molecule has 0 spiro atoms. The molecule has 1 saturated carbocycles. The van der Waals surface area contributed by atoms with Gasteiger partial charge in [-0.1, -0.05) is 32.3 Å². The van der Waals surface area contributed by atoms with E-state index in [1.165, 1.54) is 63.0 Å². The Labute approximate surface area is 129 Å². The van der Waals surface area contributed by atoms with Crippen molar-refractivity contribution in [3.63, 3.8) is 0 Å². The lowest BCUT2D eigenvalue weighted by Gasteiger charge is -2.41. The van der Waals surface area contributed by atoms with Gasteiger partial charge < -0.3 is 10.2 Å². The normalized spacial score (nSPS) is 25.7. The predicted octanol–water partition coefficient (Wildman–Crippen LogP) is 3.60. The van der Waals surface area contributed by atoms with Gasteiger partial charge in [-0.05, 0) is 49.3 Å². The minimum absolute atomic E-state index is 0.917. The second kappa shape index (κ2) is 7.26. The van der Waals surface area contributed by atoms with Crippen LogP contribution in [0.15, 0.2) is 18.3 Å². The van der Waals surface area contributed by atoms with Crippen LogP contribution in [0.2, 0.25) is 0 Å². The van der Waals surface area contributed by atoms with Crippen LogP contribution in [0.1, 0.15) is 51.0 Å². The largest absolute Gasteiger partial charge is 0.356 e. The van der Waals surface area contributed by atoms with Crippen molar-refractivity contribution >= 4 is 5.82 Å². The molecule has 1 aliphatic heterocycles. The van der Waals surface area contributed by atoms with Gasteiger partial charge in [0.15, 0.2) is 0 Å². The summed E-state index contributed by atoms with van der Waals surface area (Å²) in [7, 11) is 0. The molecule has 0 bridgehead atoms. The van der Waals surface area contributed by atoms with Crippen LogP contribution in [0.25, 0.3) is 0 Å². The number of pyridine rings is 1. The third-order valence-corrected chi connectivity index (χ3v) is 5.18. The number of nitrogens with one attached hydrogen (secondary N) is 1. The lowest BCUT2D eigenvalue weighted by atomic mass is 9.75. The van der Waals surface area contributed by atoms with E-state index in [1.54, 1.807) is 0 Å². The number of nitrogens with zero attached hydrogens (tertiary/aromatic N) is 2. The Kier molecular flexibility index (Phi) is 5.13. The Bertz CT molecular complexity index is 429. The van der Waals surface area contributed by atoms with Gasteiger partial charge in [-0.3, -0.25) is 0 Å². The first kappa shape index (κ1) is 14.8. The molecule has 2 atom stereocenters. The Balaban J connectivity index is 1.56. The van der Waals surface area contributed by atoms with E-state index in [1.807, 2.05) is 6.20 Å². The van der Waals surface area contributed by atoms with E-state index >= 15 is 0 Å². The van der Waals surface area contributed by atoms with E-state index in [9.17, 15) is 0 Å². The summed E-state index contributed by atoms with van der Waals surface area (Å²) in [6, 6.07) is 4.45. The molecule has 2 unspecified atom stereocenters. The minimum Gasteiger partial charge on any atom is -0.356 e. The zero-order chi connectivity index (χ0) is 14.5. The first-order valence-electron chi connectivity index (χ1n) is 8.77. The number of hydrogen-bond donors (Lipinski definition) is 1. The van der Waals surface area contributed by atoms with Gasteiger partial charge in [0.2, 0.25) is 0 Å². The summed E-state index contributed by atoms with van der Waals surface area (Å²) >= 11 is 0. The van der Waals surface area contributed by atoms with Crippen molar-refractivity contribution in [2.75, 3.05) is 24.5 Å². The second-order valence-electron chi connectivity index (χ2n) is 6.74. The molecule has 21 heavy (non-hydrogen) atoms. The van der Waals surface area contributed by atoms with Crippen LogP contribution in [0, 0.1) is 11.8 Å². The fraction of sp³-hybridized carbons (Fsp3) is 0.722. The number of piperidine rings is 1. The van der Waals surface area contributed by atoms with Crippen molar-refractivity contribution < 1.29 is 0 Å². The highest BCUT2D eigenvalue weighted by Crippen LogP contribution is 2.37. The summed E-state index contributed by atoms with van der Waals surface area (Å²) in [5.74, 6) is 3.09. The molecule has 3 heteroatoms. The molecule has 2 fully saturated rings. The van der Waals surface area contributed by atoms with Gasteiger partial charge in [0.1, 0.15) is 5.82 Å². The molecule has 2 aliphatic rings.